The smallest absolute Gasteiger partial charge is 0.211 e. The third-order valence-electron chi connectivity index (χ3n) is 4.86. The summed E-state index contributed by atoms with van der Waals surface area (Å²) in [6.07, 6.45) is 7.04. The van der Waals surface area contributed by atoms with Crippen molar-refractivity contribution in [3.8, 4) is 11.3 Å². The molecule has 2 aliphatic heterocycles. The summed E-state index contributed by atoms with van der Waals surface area (Å²) >= 11 is 0. The number of sulfonamides is 1. The SMILES string of the molecule is CS(=O)(=O)N1CCCC(C2c3ccccc3-c3cncn32)C1. The van der Waals surface area contributed by atoms with Crippen LogP contribution in [0.2, 0.25) is 0 Å². The van der Waals surface area contributed by atoms with Crippen molar-refractivity contribution in [2.75, 3.05) is 19.3 Å². The zero-order valence-corrected chi connectivity index (χ0v) is 13.3. The van der Waals surface area contributed by atoms with Crippen LogP contribution in [-0.2, 0) is 10.0 Å². The first-order chi connectivity index (χ1) is 10.6. The van der Waals surface area contributed by atoms with E-state index in [9.17, 15) is 8.42 Å². The molecule has 0 N–H and O–H groups in total. The predicted octanol–water partition coefficient (Wildman–Crippen LogP) is 2.12. The van der Waals surface area contributed by atoms with Crippen molar-refractivity contribution < 1.29 is 8.42 Å². The summed E-state index contributed by atoms with van der Waals surface area (Å²) in [4.78, 5) is 4.29. The molecule has 1 saturated heterocycles. The largest absolute Gasteiger partial charge is 0.323 e. The van der Waals surface area contributed by atoms with Crippen molar-refractivity contribution in [2.45, 2.75) is 18.9 Å². The average Bonchev–Trinajstić information content (AvgIpc) is 3.06. The maximum Gasteiger partial charge on any atom is 0.211 e. The molecule has 0 radical (unpaired) electrons. The maximum absolute atomic E-state index is 11.9. The summed E-state index contributed by atoms with van der Waals surface area (Å²) in [6.45, 7) is 1.23. The van der Waals surface area contributed by atoms with Crippen LogP contribution >= 0.6 is 0 Å². The molecular formula is C16H19N3O2S. The van der Waals surface area contributed by atoms with E-state index >= 15 is 0 Å². The molecule has 22 heavy (non-hydrogen) atoms. The number of hydrogen-bond acceptors (Lipinski definition) is 3. The summed E-state index contributed by atoms with van der Waals surface area (Å²) in [5, 5.41) is 0. The van der Waals surface area contributed by atoms with Gasteiger partial charge in [-0.2, -0.15) is 0 Å². The molecule has 1 aromatic carbocycles. The monoisotopic (exact) mass is 317 g/mol. The fourth-order valence-electron chi connectivity index (χ4n) is 3.89. The van der Waals surface area contributed by atoms with Crippen molar-refractivity contribution in [1.82, 2.24) is 13.9 Å². The van der Waals surface area contributed by atoms with Crippen molar-refractivity contribution in [2.24, 2.45) is 5.92 Å². The van der Waals surface area contributed by atoms with Crippen LogP contribution in [0.1, 0.15) is 24.4 Å². The Kier molecular flexibility index (Phi) is 3.13. The quantitative estimate of drug-likeness (QED) is 0.852. The van der Waals surface area contributed by atoms with Gasteiger partial charge in [0.25, 0.3) is 0 Å². The van der Waals surface area contributed by atoms with E-state index in [4.69, 9.17) is 0 Å². The molecule has 0 spiro atoms. The molecule has 116 valence electrons. The molecule has 2 unspecified atom stereocenters. The number of benzene rings is 1. The van der Waals surface area contributed by atoms with Crippen molar-refractivity contribution >= 4 is 10.0 Å². The molecule has 2 atom stereocenters. The van der Waals surface area contributed by atoms with E-state index in [1.807, 2.05) is 18.6 Å². The van der Waals surface area contributed by atoms with Crippen molar-refractivity contribution in [3.05, 3.63) is 42.4 Å². The lowest BCUT2D eigenvalue weighted by Crippen LogP contribution is -2.41. The minimum Gasteiger partial charge on any atom is -0.323 e. The topological polar surface area (TPSA) is 55.2 Å². The van der Waals surface area contributed by atoms with Gasteiger partial charge < -0.3 is 4.57 Å². The average molecular weight is 317 g/mol. The summed E-state index contributed by atoms with van der Waals surface area (Å²) in [6, 6.07) is 8.58. The molecule has 1 aromatic heterocycles. The van der Waals surface area contributed by atoms with Crippen LogP contribution in [-0.4, -0.2) is 41.6 Å². The van der Waals surface area contributed by atoms with Gasteiger partial charge in [-0.05, 0) is 24.3 Å². The van der Waals surface area contributed by atoms with Crippen LogP contribution in [0, 0.1) is 5.92 Å². The Morgan fingerprint density at radius 3 is 2.91 bits per heavy atom. The summed E-state index contributed by atoms with van der Waals surface area (Å²) in [5.74, 6) is 0.292. The van der Waals surface area contributed by atoms with Crippen LogP contribution in [0.4, 0.5) is 0 Å². The second-order valence-electron chi connectivity index (χ2n) is 6.24. The van der Waals surface area contributed by atoms with Gasteiger partial charge in [0.1, 0.15) is 0 Å². The minimum atomic E-state index is -3.12. The number of aromatic nitrogens is 2. The highest BCUT2D eigenvalue weighted by molar-refractivity contribution is 7.88. The third-order valence-corrected chi connectivity index (χ3v) is 6.13. The first-order valence-electron chi connectivity index (χ1n) is 7.62. The zero-order chi connectivity index (χ0) is 15.3. The van der Waals surface area contributed by atoms with Gasteiger partial charge in [0.05, 0.1) is 30.5 Å². The van der Waals surface area contributed by atoms with E-state index in [0.717, 1.165) is 18.5 Å². The van der Waals surface area contributed by atoms with Crippen LogP contribution in [0.15, 0.2) is 36.8 Å². The third kappa shape index (κ3) is 2.09. The molecule has 0 aliphatic carbocycles. The lowest BCUT2D eigenvalue weighted by molar-refractivity contribution is 0.225. The summed E-state index contributed by atoms with van der Waals surface area (Å²) in [7, 11) is -3.12. The summed E-state index contributed by atoms with van der Waals surface area (Å²) < 4.78 is 27.6. The van der Waals surface area contributed by atoms with Crippen molar-refractivity contribution in [1.29, 1.82) is 0 Å². The second-order valence-corrected chi connectivity index (χ2v) is 8.22. The van der Waals surface area contributed by atoms with Gasteiger partial charge in [0.2, 0.25) is 10.0 Å². The fraction of sp³-hybridized carbons (Fsp3) is 0.438. The number of hydrogen-bond donors (Lipinski definition) is 0. The molecule has 6 heteroatoms. The molecule has 5 nitrogen and oxygen atoms in total. The van der Waals surface area contributed by atoms with E-state index < -0.39 is 10.0 Å². The van der Waals surface area contributed by atoms with E-state index in [-0.39, 0.29) is 6.04 Å². The minimum absolute atomic E-state index is 0.193. The van der Waals surface area contributed by atoms with Gasteiger partial charge in [-0.25, -0.2) is 17.7 Å². The Morgan fingerprint density at radius 2 is 2.09 bits per heavy atom. The Labute approximate surface area is 130 Å². The predicted molar refractivity (Wildman–Crippen MR) is 84.9 cm³/mol. The molecule has 3 heterocycles. The summed E-state index contributed by atoms with van der Waals surface area (Å²) in [5.41, 5.74) is 3.65. The molecule has 1 fully saturated rings. The van der Waals surface area contributed by atoms with Gasteiger partial charge in [-0.15, -0.1) is 0 Å². The number of piperidine rings is 1. The molecule has 0 amide bonds. The molecule has 0 bridgehead atoms. The van der Waals surface area contributed by atoms with Gasteiger partial charge in [0, 0.05) is 18.7 Å². The lowest BCUT2D eigenvalue weighted by atomic mass is 9.87. The molecule has 4 rings (SSSR count). The molecular weight excluding hydrogens is 298 g/mol. The Morgan fingerprint density at radius 1 is 1.27 bits per heavy atom. The van der Waals surface area contributed by atoms with Gasteiger partial charge >= 0.3 is 0 Å². The van der Waals surface area contributed by atoms with Crippen LogP contribution in [0.5, 0.6) is 0 Å². The number of fused-ring (bicyclic) bond motifs is 3. The van der Waals surface area contributed by atoms with Crippen LogP contribution in [0.3, 0.4) is 0 Å². The molecule has 0 saturated carbocycles. The number of nitrogens with zero attached hydrogens (tertiary/aromatic N) is 3. The first-order valence-corrected chi connectivity index (χ1v) is 9.47. The van der Waals surface area contributed by atoms with Gasteiger partial charge in [-0.3, -0.25) is 0 Å². The molecule has 2 aromatic rings. The van der Waals surface area contributed by atoms with E-state index in [1.165, 1.54) is 17.4 Å². The molecule has 2 aliphatic rings. The number of rotatable bonds is 2. The van der Waals surface area contributed by atoms with Crippen LogP contribution < -0.4 is 0 Å². The normalized spacial score (nSPS) is 25.0. The zero-order valence-electron chi connectivity index (χ0n) is 12.5. The fourth-order valence-corrected chi connectivity index (χ4v) is 4.81. The van der Waals surface area contributed by atoms with Crippen molar-refractivity contribution in [3.63, 3.8) is 0 Å². The maximum atomic E-state index is 11.9. The van der Waals surface area contributed by atoms with E-state index in [2.05, 4.69) is 27.8 Å². The number of imidazole rings is 1. The first kappa shape index (κ1) is 14.0. The highest BCUT2D eigenvalue weighted by Crippen LogP contribution is 2.45. The standard InChI is InChI=1S/C16H19N3O2S/c1-22(20,21)18-8-4-5-12(10-18)16-14-7-3-2-6-13(14)15-9-17-11-19(15)16/h2-3,6-7,9,11-12,16H,4-5,8,10H2,1H3. The highest BCUT2D eigenvalue weighted by Gasteiger charge is 2.37. The lowest BCUT2D eigenvalue weighted by Gasteiger charge is -2.35. The second kappa shape index (κ2) is 4.93. The Hall–Kier alpha value is -1.66. The van der Waals surface area contributed by atoms with Gasteiger partial charge in [0.15, 0.2) is 0 Å². The van der Waals surface area contributed by atoms with Crippen LogP contribution in [0.25, 0.3) is 11.3 Å². The van der Waals surface area contributed by atoms with E-state index in [0.29, 0.717) is 19.0 Å². The highest BCUT2D eigenvalue weighted by atomic mass is 32.2. The van der Waals surface area contributed by atoms with Gasteiger partial charge in [-0.1, -0.05) is 24.3 Å². The Bertz CT molecular complexity index is 812. The Balaban J connectivity index is 1.74. The van der Waals surface area contributed by atoms with E-state index in [1.54, 1.807) is 4.31 Å².